The first kappa shape index (κ1) is 14.3. The van der Waals surface area contributed by atoms with E-state index >= 15 is 0 Å². The lowest BCUT2D eigenvalue weighted by molar-refractivity contribution is 0.0660. The number of fused-ring (bicyclic) bond motifs is 1. The lowest BCUT2D eigenvalue weighted by Gasteiger charge is -2.02. The molecule has 0 saturated carbocycles. The average Bonchev–Trinajstić information content (AvgIpc) is 3.01. The molecule has 2 N–H and O–H groups in total. The number of nitrogens with zero attached hydrogens (tertiary/aromatic N) is 1. The molecule has 22 heavy (non-hydrogen) atoms. The molecule has 0 unspecified atom stereocenters. The van der Waals surface area contributed by atoms with Crippen LogP contribution in [0.1, 0.15) is 26.8 Å². The number of nitrogens with one attached hydrogen (secondary N) is 1. The van der Waals surface area contributed by atoms with Crippen LogP contribution in [-0.4, -0.2) is 20.6 Å². The molecule has 0 amide bonds. The quantitative estimate of drug-likeness (QED) is 0.764. The second kappa shape index (κ2) is 4.99. The number of hydrogen-bond acceptors (Lipinski definition) is 5. The maximum atomic E-state index is 12.5. The zero-order valence-electron chi connectivity index (χ0n) is 11.8. The summed E-state index contributed by atoms with van der Waals surface area (Å²) >= 11 is 1.36. The molecule has 0 saturated heterocycles. The Hall–Kier alpha value is -2.61. The van der Waals surface area contributed by atoms with Crippen LogP contribution in [0.25, 0.3) is 10.2 Å². The van der Waals surface area contributed by atoms with E-state index in [9.17, 15) is 14.4 Å². The highest BCUT2D eigenvalue weighted by atomic mass is 32.1. The first-order valence-electron chi connectivity index (χ1n) is 6.43. The number of aromatic nitrogens is 2. The van der Waals surface area contributed by atoms with Crippen LogP contribution in [-0.2, 0) is 6.54 Å². The van der Waals surface area contributed by atoms with E-state index in [2.05, 4.69) is 4.98 Å². The van der Waals surface area contributed by atoms with Crippen LogP contribution in [0.4, 0.5) is 0 Å². The van der Waals surface area contributed by atoms with Crippen LogP contribution < -0.4 is 11.2 Å². The number of furan rings is 1. The van der Waals surface area contributed by atoms with Crippen molar-refractivity contribution in [2.75, 3.05) is 0 Å². The minimum Gasteiger partial charge on any atom is -0.475 e. The minimum absolute atomic E-state index is 0.119. The standard InChI is InChI=1S/C14H12N2O5S/c1-6-7(2)22-11-10(6)12(17)16(14(20)15-11)5-8-3-4-9(21-8)13(18)19/h3-4H,5H2,1-2H3,(H,15,20)(H,18,19). The molecule has 0 radical (unpaired) electrons. The van der Waals surface area contributed by atoms with Gasteiger partial charge in [-0.05, 0) is 31.5 Å². The van der Waals surface area contributed by atoms with Crippen molar-refractivity contribution in [1.29, 1.82) is 0 Å². The molecular formula is C14H12N2O5S. The van der Waals surface area contributed by atoms with Crippen molar-refractivity contribution in [2.45, 2.75) is 20.4 Å². The smallest absolute Gasteiger partial charge is 0.371 e. The van der Waals surface area contributed by atoms with Gasteiger partial charge < -0.3 is 9.52 Å². The molecule has 7 nitrogen and oxygen atoms in total. The van der Waals surface area contributed by atoms with Crippen LogP contribution in [0.3, 0.4) is 0 Å². The lowest BCUT2D eigenvalue weighted by Crippen LogP contribution is -2.35. The van der Waals surface area contributed by atoms with Gasteiger partial charge in [-0.15, -0.1) is 11.3 Å². The van der Waals surface area contributed by atoms with Crippen molar-refractivity contribution in [1.82, 2.24) is 9.55 Å². The summed E-state index contributed by atoms with van der Waals surface area (Å²) in [4.78, 5) is 39.6. The predicted octanol–water partition coefficient (Wildman–Crippen LogP) is 1.71. The average molecular weight is 320 g/mol. The first-order valence-corrected chi connectivity index (χ1v) is 7.25. The fourth-order valence-corrected chi connectivity index (χ4v) is 3.28. The van der Waals surface area contributed by atoms with E-state index in [-0.39, 0.29) is 18.1 Å². The third-order valence-electron chi connectivity index (χ3n) is 3.50. The molecule has 3 aromatic rings. The molecular weight excluding hydrogens is 308 g/mol. The molecule has 0 atom stereocenters. The third kappa shape index (κ3) is 2.17. The van der Waals surface area contributed by atoms with Crippen molar-refractivity contribution in [3.8, 4) is 0 Å². The normalized spacial score (nSPS) is 11.2. The van der Waals surface area contributed by atoms with Crippen LogP contribution in [0, 0.1) is 13.8 Å². The van der Waals surface area contributed by atoms with Gasteiger partial charge >= 0.3 is 11.7 Å². The Morgan fingerprint density at radius 1 is 1.36 bits per heavy atom. The Bertz CT molecular complexity index is 1000. The molecule has 114 valence electrons. The Morgan fingerprint density at radius 2 is 2.09 bits per heavy atom. The summed E-state index contributed by atoms with van der Waals surface area (Å²) < 4.78 is 6.10. The number of aromatic carboxylic acids is 1. The van der Waals surface area contributed by atoms with Crippen molar-refractivity contribution >= 4 is 27.5 Å². The van der Waals surface area contributed by atoms with Crippen molar-refractivity contribution in [3.05, 3.63) is 54.9 Å². The van der Waals surface area contributed by atoms with E-state index in [0.29, 0.717) is 10.2 Å². The number of carbonyl (C=O) groups is 1. The van der Waals surface area contributed by atoms with E-state index in [0.717, 1.165) is 15.0 Å². The second-order valence-electron chi connectivity index (χ2n) is 4.88. The van der Waals surface area contributed by atoms with E-state index < -0.39 is 17.2 Å². The van der Waals surface area contributed by atoms with Crippen molar-refractivity contribution in [2.24, 2.45) is 0 Å². The van der Waals surface area contributed by atoms with Gasteiger partial charge in [-0.3, -0.25) is 14.3 Å². The van der Waals surface area contributed by atoms with E-state index in [1.807, 2.05) is 13.8 Å². The van der Waals surface area contributed by atoms with Crippen molar-refractivity contribution < 1.29 is 14.3 Å². The van der Waals surface area contributed by atoms with E-state index in [4.69, 9.17) is 9.52 Å². The number of H-pyrrole nitrogens is 1. The van der Waals surface area contributed by atoms with Crippen LogP contribution in [0.5, 0.6) is 0 Å². The van der Waals surface area contributed by atoms with Gasteiger partial charge in [-0.2, -0.15) is 0 Å². The monoisotopic (exact) mass is 320 g/mol. The molecule has 0 aromatic carbocycles. The molecule has 3 heterocycles. The molecule has 0 spiro atoms. The number of thiophene rings is 1. The third-order valence-corrected chi connectivity index (χ3v) is 4.62. The molecule has 3 rings (SSSR count). The largest absolute Gasteiger partial charge is 0.475 e. The highest BCUT2D eigenvalue weighted by Crippen LogP contribution is 2.24. The van der Waals surface area contributed by atoms with Gasteiger partial charge in [-0.1, -0.05) is 0 Å². The van der Waals surface area contributed by atoms with Crippen LogP contribution >= 0.6 is 11.3 Å². The number of rotatable bonds is 3. The number of aromatic amines is 1. The Kier molecular flexibility index (Phi) is 3.25. The van der Waals surface area contributed by atoms with E-state index in [1.165, 1.54) is 23.5 Å². The van der Waals surface area contributed by atoms with Gasteiger partial charge in [-0.25, -0.2) is 9.59 Å². The number of aryl methyl sites for hydroxylation is 2. The number of hydrogen-bond donors (Lipinski definition) is 2. The van der Waals surface area contributed by atoms with Crippen LogP contribution in [0.2, 0.25) is 0 Å². The fraction of sp³-hybridized carbons (Fsp3) is 0.214. The minimum atomic E-state index is -1.20. The molecule has 3 aromatic heterocycles. The van der Waals surface area contributed by atoms with Gasteiger partial charge in [0.1, 0.15) is 10.6 Å². The van der Waals surface area contributed by atoms with E-state index in [1.54, 1.807) is 0 Å². The topological polar surface area (TPSA) is 105 Å². The summed E-state index contributed by atoms with van der Waals surface area (Å²) in [5, 5.41) is 9.30. The predicted molar refractivity (Wildman–Crippen MR) is 80.9 cm³/mol. The Labute approximate surface area is 127 Å². The van der Waals surface area contributed by atoms with Gasteiger partial charge in [0.25, 0.3) is 5.56 Å². The highest BCUT2D eigenvalue weighted by Gasteiger charge is 2.16. The van der Waals surface area contributed by atoms with Gasteiger partial charge in [0.2, 0.25) is 5.76 Å². The molecule has 0 bridgehead atoms. The summed E-state index contributed by atoms with van der Waals surface area (Å²) in [5.41, 5.74) is -0.124. The fourth-order valence-electron chi connectivity index (χ4n) is 2.24. The molecule has 0 aliphatic carbocycles. The molecule has 8 heteroatoms. The lowest BCUT2D eigenvalue weighted by atomic mass is 10.2. The zero-order chi connectivity index (χ0) is 16.0. The summed E-state index contributed by atoms with van der Waals surface area (Å²) in [7, 11) is 0. The summed E-state index contributed by atoms with van der Waals surface area (Å²) in [6.45, 7) is 3.59. The Morgan fingerprint density at radius 3 is 2.73 bits per heavy atom. The molecule has 0 aliphatic heterocycles. The summed E-state index contributed by atoms with van der Waals surface area (Å²) in [6.07, 6.45) is 0. The zero-order valence-corrected chi connectivity index (χ0v) is 12.6. The maximum Gasteiger partial charge on any atom is 0.371 e. The maximum absolute atomic E-state index is 12.5. The summed E-state index contributed by atoms with van der Waals surface area (Å²) in [6, 6.07) is 2.72. The first-order chi connectivity index (χ1) is 10.4. The number of carboxylic acid groups (broad SMARTS) is 1. The SMILES string of the molecule is Cc1sc2[nH]c(=O)n(Cc3ccc(C(=O)O)o3)c(=O)c2c1C. The molecule has 0 aliphatic rings. The Balaban J connectivity index is 2.14. The van der Waals surface area contributed by atoms with Gasteiger partial charge in [0.05, 0.1) is 11.9 Å². The summed E-state index contributed by atoms with van der Waals surface area (Å²) in [5.74, 6) is -1.20. The van der Waals surface area contributed by atoms with Gasteiger partial charge in [0.15, 0.2) is 0 Å². The highest BCUT2D eigenvalue weighted by molar-refractivity contribution is 7.18. The van der Waals surface area contributed by atoms with Crippen LogP contribution in [0.15, 0.2) is 26.1 Å². The number of carboxylic acids is 1. The van der Waals surface area contributed by atoms with Gasteiger partial charge in [0, 0.05) is 4.88 Å². The second-order valence-corrected chi connectivity index (χ2v) is 6.10. The molecule has 0 fully saturated rings. The van der Waals surface area contributed by atoms with Crippen molar-refractivity contribution in [3.63, 3.8) is 0 Å².